The fraction of sp³-hybridized carbons (Fsp3) is 0.667. The maximum Gasteiger partial charge on any atom is 0.306 e. The summed E-state index contributed by atoms with van der Waals surface area (Å²) >= 11 is 0. The molecule has 0 rings (SSSR count). The van der Waals surface area contributed by atoms with Crippen molar-refractivity contribution >= 4 is 5.97 Å². The van der Waals surface area contributed by atoms with Crippen molar-refractivity contribution in [2.24, 2.45) is 0 Å². The maximum absolute atomic E-state index is 10.6. The number of nitrogens with one attached hydrogen (secondary N) is 1. The third-order valence-electron chi connectivity index (χ3n) is 1.61. The molecule has 0 unspecified atom stereocenters. The van der Waals surface area contributed by atoms with E-state index in [1.165, 1.54) is 7.11 Å². The normalized spacial score (nSPS) is 9.50. The summed E-state index contributed by atoms with van der Waals surface area (Å²) in [4.78, 5) is 10.6. The molecule has 0 aliphatic heterocycles. The van der Waals surface area contributed by atoms with Crippen LogP contribution in [-0.4, -0.2) is 26.2 Å². The molecule has 0 bridgehead atoms. The Morgan fingerprint density at radius 1 is 1.58 bits per heavy atom. The van der Waals surface area contributed by atoms with Crippen LogP contribution in [0.4, 0.5) is 0 Å². The fourth-order valence-electron chi connectivity index (χ4n) is 0.683. The number of carbonyl (C=O) groups excluding carboxylic acids is 1. The zero-order chi connectivity index (χ0) is 9.40. The summed E-state index contributed by atoms with van der Waals surface area (Å²) < 4.78 is 4.48. The SMILES string of the molecule is C=C(CC)CNCCC(=O)OC. The van der Waals surface area contributed by atoms with E-state index >= 15 is 0 Å². The van der Waals surface area contributed by atoms with Crippen LogP contribution in [0.2, 0.25) is 0 Å². The molecule has 0 aliphatic rings. The molecule has 1 N–H and O–H groups in total. The van der Waals surface area contributed by atoms with E-state index in [4.69, 9.17) is 0 Å². The lowest BCUT2D eigenvalue weighted by Gasteiger charge is -2.04. The average Bonchev–Trinajstić information content (AvgIpc) is 2.11. The number of rotatable bonds is 6. The van der Waals surface area contributed by atoms with Crippen LogP contribution in [0.15, 0.2) is 12.2 Å². The van der Waals surface area contributed by atoms with E-state index in [-0.39, 0.29) is 5.97 Å². The first-order chi connectivity index (χ1) is 5.70. The van der Waals surface area contributed by atoms with Crippen molar-refractivity contribution < 1.29 is 9.53 Å². The van der Waals surface area contributed by atoms with Gasteiger partial charge in [-0.25, -0.2) is 0 Å². The first-order valence-corrected chi connectivity index (χ1v) is 4.14. The van der Waals surface area contributed by atoms with Crippen molar-refractivity contribution in [1.82, 2.24) is 5.32 Å². The largest absolute Gasteiger partial charge is 0.469 e. The number of hydrogen-bond acceptors (Lipinski definition) is 3. The number of esters is 1. The molecule has 0 saturated carbocycles. The van der Waals surface area contributed by atoms with Crippen molar-refractivity contribution in [2.45, 2.75) is 19.8 Å². The number of ether oxygens (including phenoxy) is 1. The predicted octanol–water partition coefficient (Wildman–Crippen LogP) is 1.11. The summed E-state index contributed by atoms with van der Waals surface area (Å²) in [5.41, 5.74) is 1.15. The molecule has 0 saturated heterocycles. The predicted molar refractivity (Wildman–Crippen MR) is 48.9 cm³/mol. The molecule has 0 fully saturated rings. The lowest BCUT2D eigenvalue weighted by molar-refractivity contribution is -0.140. The minimum Gasteiger partial charge on any atom is -0.469 e. The lowest BCUT2D eigenvalue weighted by Crippen LogP contribution is -2.20. The van der Waals surface area contributed by atoms with Crippen LogP contribution in [0.25, 0.3) is 0 Å². The highest BCUT2D eigenvalue weighted by Gasteiger charge is 1.98. The molecule has 3 nitrogen and oxygen atoms in total. The van der Waals surface area contributed by atoms with Crippen molar-refractivity contribution in [2.75, 3.05) is 20.2 Å². The number of carbonyl (C=O) groups is 1. The monoisotopic (exact) mass is 171 g/mol. The van der Waals surface area contributed by atoms with Gasteiger partial charge in [-0.1, -0.05) is 19.1 Å². The third-order valence-corrected chi connectivity index (χ3v) is 1.61. The van der Waals surface area contributed by atoms with Gasteiger partial charge in [0.2, 0.25) is 0 Å². The van der Waals surface area contributed by atoms with Crippen molar-refractivity contribution in [3.63, 3.8) is 0 Å². The van der Waals surface area contributed by atoms with E-state index in [1.54, 1.807) is 0 Å². The summed E-state index contributed by atoms with van der Waals surface area (Å²) in [5.74, 6) is -0.176. The minimum atomic E-state index is -0.176. The van der Waals surface area contributed by atoms with Gasteiger partial charge in [0.15, 0.2) is 0 Å². The van der Waals surface area contributed by atoms with Gasteiger partial charge >= 0.3 is 5.97 Å². The smallest absolute Gasteiger partial charge is 0.306 e. The van der Waals surface area contributed by atoms with Crippen molar-refractivity contribution in [3.8, 4) is 0 Å². The highest BCUT2D eigenvalue weighted by atomic mass is 16.5. The van der Waals surface area contributed by atoms with Gasteiger partial charge in [-0.05, 0) is 6.42 Å². The first kappa shape index (κ1) is 11.2. The van der Waals surface area contributed by atoms with Crippen LogP contribution < -0.4 is 5.32 Å². The number of methoxy groups -OCH3 is 1. The Morgan fingerprint density at radius 2 is 2.25 bits per heavy atom. The van der Waals surface area contributed by atoms with Crippen LogP contribution in [0.5, 0.6) is 0 Å². The van der Waals surface area contributed by atoms with Crippen LogP contribution in [0.1, 0.15) is 19.8 Å². The Morgan fingerprint density at radius 3 is 2.75 bits per heavy atom. The van der Waals surface area contributed by atoms with E-state index in [9.17, 15) is 4.79 Å². The second kappa shape index (κ2) is 6.85. The molecule has 0 heterocycles. The van der Waals surface area contributed by atoms with Gasteiger partial charge < -0.3 is 10.1 Å². The third kappa shape index (κ3) is 5.92. The highest BCUT2D eigenvalue weighted by molar-refractivity contribution is 5.69. The summed E-state index contributed by atoms with van der Waals surface area (Å²) in [7, 11) is 1.40. The molecule has 0 amide bonds. The maximum atomic E-state index is 10.6. The van der Waals surface area contributed by atoms with Crippen LogP contribution in [0, 0.1) is 0 Å². The van der Waals surface area contributed by atoms with Gasteiger partial charge in [0, 0.05) is 13.1 Å². The molecule has 0 aromatic carbocycles. The fourth-order valence-corrected chi connectivity index (χ4v) is 0.683. The topological polar surface area (TPSA) is 38.3 Å². The van der Waals surface area contributed by atoms with E-state index in [2.05, 4.69) is 23.6 Å². The molecule has 3 heteroatoms. The molecule has 0 atom stereocenters. The van der Waals surface area contributed by atoms with E-state index in [0.29, 0.717) is 13.0 Å². The average molecular weight is 171 g/mol. The summed E-state index contributed by atoms with van der Waals surface area (Å²) in [6, 6.07) is 0. The second-order valence-electron chi connectivity index (χ2n) is 2.61. The Bertz CT molecular complexity index is 137. The first-order valence-electron chi connectivity index (χ1n) is 4.14. The lowest BCUT2D eigenvalue weighted by atomic mass is 10.2. The van der Waals surface area contributed by atoms with E-state index in [1.807, 2.05) is 0 Å². The summed E-state index contributed by atoms with van der Waals surface area (Å²) in [6.45, 7) is 7.33. The zero-order valence-electron chi connectivity index (χ0n) is 7.85. The molecular formula is C9H17NO2. The van der Waals surface area contributed by atoms with Crippen molar-refractivity contribution in [1.29, 1.82) is 0 Å². The molecule has 12 heavy (non-hydrogen) atoms. The van der Waals surface area contributed by atoms with Crippen LogP contribution in [0.3, 0.4) is 0 Å². The van der Waals surface area contributed by atoms with Gasteiger partial charge in [0.05, 0.1) is 13.5 Å². The Labute approximate surface area is 73.8 Å². The van der Waals surface area contributed by atoms with Gasteiger partial charge in [0.25, 0.3) is 0 Å². The Kier molecular flexibility index (Phi) is 6.38. The molecule has 0 aromatic heterocycles. The van der Waals surface area contributed by atoms with Gasteiger partial charge in [0.1, 0.15) is 0 Å². The summed E-state index contributed by atoms with van der Waals surface area (Å²) in [5, 5.41) is 3.10. The molecule has 0 aliphatic carbocycles. The highest BCUT2D eigenvalue weighted by Crippen LogP contribution is 1.92. The van der Waals surface area contributed by atoms with Crippen LogP contribution >= 0.6 is 0 Å². The molecule has 0 radical (unpaired) electrons. The zero-order valence-corrected chi connectivity index (χ0v) is 7.85. The van der Waals surface area contributed by atoms with Gasteiger partial charge in [-0.2, -0.15) is 0 Å². The molecule has 0 spiro atoms. The van der Waals surface area contributed by atoms with E-state index < -0.39 is 0 Å². The quantitative estimate of drug-likeness (QED) is 0.369. The van der Waals surface area contributed by atoms with Gasteiger partial charge in [-0.3, -0.25) is 4.79 Å². The number of hydrogen-bond donors (Lipinski definition) is 1. The Hall–Kier alpha value is -0.830. The molecule has 0 aromatic rings. The minimum absolute atomic E-state index is 0.176. The van der Waals surface area contributed by atoms with Crippen LogP contribution in [-0.2, 0) is 9.53 Å². The second-order valence-corrected chi connectivity index (χ2v) is 2.61. The Balaban J connectivity index is 3.21. The summed E-state index contributed by atoms with van der Waals surface area (Å²) in [6.07, 6.45) is 1.40. The molecule has 70 valence electrons. The van der Waals surface area contributed by atoms with E-state index in [0.717, 1.165) is 18.5 Å². The standard InChI is InChI=1S/C9H17NO2/c1-4-8(2)7-10-6-5-9(11)12-3/h10H,2,4-7H2,1,3H3. The van der Waals surface area contributed by atoms with Crippen molar-refractivity contribution in [3.05, 3.63) is 12.2 Å². The van der Waals surface area contributed by atoms with Gasteiger partial charge in [-0.15, -0.1) is 0 Å². The molecular weight excluding hydrogens is 154 g/mol.